The fourth-order valence-electron chi connectivity index (χ4n) is 1.98. The standard InChI is InChI=1S/C14H10BrN3O2/c15-11-4-1-9(2-5-11)8-18-13-7-10(14(19)20)3-6-12(13)16-17-18/h1-7H,8H2,(H,19,20). The molecule has 0 fully saturated rings. The Morgan fingerprint density at radius 2 is 1.95 bits per heavy atom. The number of fused-ring (bicyclic) bond motifs is 1. The first-order chi connectivity index (χ1) is 9.63. The summed E-state index contributed by atoms with van der Waals surface area (Å²) in [4.78, 5) is 11.0. The van der Waals surface area contributed by atoms with Gasteiger partial charge in [-0.2, -0.15) is 0 Å². The fourth-order valence-corrected chi connectivity index (χ4v) is 2.24. The van der Waals surface area contributed by atoms with Crippen LogP contribution in [0, 0.1) is 0 Å². The van der Waals surface area contributed by atoms with E-state index in [0.717, 1.165) is 10.0 Å². The van der Waals surface area contributed by atoms with Crippen LogP contribution in [0.25, 0.3) is 11.0 Å². The molecule has 3 rings (SSSR count). The third-order valence-electron chi connectivity index (χ3n) is 3.01. The molecule has 0 aliphatic carbocycles. The van der Waals surface area contributed by atoms with Crippen LogP contribution in [0.4, 0.5) is 0 Å². The van der Waals surface area contributed by atoms with Crippen molar-refractivity contribution in [1.29, 1.82) is 0 Å². The fraction of sp³-hybridized carbons (Fsp3) is 0.0714. The molecule has 0 amide bonds. The Morgan fingerprint density at radius 3 is 2.65 bits per heavy atom. The van der Waals surface area contributed by atoms with Gasteiger partial charge in [-0.3, -0.25) is 0 Å². The van der Waals surface area contributed by atoms with Crippen LogP contribution in [0.15, 0.2) is 46.9 Å². The predicted octanol–water partition coefficient (Wildman–Crippen LogP) is 2.94. The lowest BCUT2D eigenvalue weighted by Crippen LogP contribution is -2.03. The summed E-state index contributed by atoms with van der Waals surface area (Å²) in [6, 6.07) is 12.7. The van der Waals surface area contributed by atoms with Crippen molar-refractivity contribution in [2.45, 2.75) is 6.54 Å². The average Bonchev–Trinajstić information content (AvgIpc) is 2.84. The molecule has 0 aliphatic rings. The number of carboxylic acid groups (broad SMARTS) is 1. The number of nitrogens with zero attached hydrogens (tertiary/aromatic N) is 3. The normalized spacial score (nSPS) is 10.8. The molecule has 0 radical (unpaired) electrons. The molecule has 0 spiro atoms. The Morgan fingerprint density at radius 1 is 1.20 bits per heavy atom. The van der Waals surface area contributed by atoms with E-state index in [0.29, 0.717) is 17.6 Å². The highest BCUT2D eigenvalue weighted by atomic mass is 79.9. The Hall–Kier alpha value is -2.21. The van der Waals surface area contributed by atoms with Crippen molar-refractivity contribution in [2.75, 3.05) is 0 Å². The maximum atomic E-state index is 11.0. The first-order valence-electron chi connectivity index (χ1n) is 5.94. The van der Waals surface area contributed by atoms with E-state index in [2.05, 4.69) is 26.2 Å². The molecule has 5 nitrogen and oxygen atoms in total. The lowest BCUT2D eigenvalue weighted by Gasteiger charge is -2.03. The van der Waals surface area contributed by atoms with Gasteiger partial charge in [-0.25, -0.2) is 9.48 Å². The monoisotopic (exact) mass is 331 g/mol. The first kappa shape index (κ1) is 12.8. The van der Waals surface area contributed by atoms with Gasteiger partial charge in [0.25, 0.3) is 0 Å². The van der Waals surface area contributed by atoms with Crippen LogP contribution in [-0.4, -0.2) is 26.1 Å². The van der Waals surface area contributed by atoms with Gasteiger partial charge in [-0.15, -0.1) is 5.10 Å². The highest BCUT2D eigenvalue weighted by Gasteiger charge is 2.09. The van der Waals surface area contributed by atoms with Gasteiger partial charge in [0.05, 0.1) is 17.6 Å². The van der Waals surface area contributed by atoms with Crippen LogP contribution in [0.3, 0.4) is 0 Å². The molecule has 0 atom stereocenters. The number of carboxylic acids is 1. The van der Waals surface area contributed by atoms with E-state index in [-0.39, 0.29) is 5.56 Å². The van der Waals surface area contributed by atoms with Crippen molar-refractivity contribution in [2.24, 2.45) is 0 Å². The van der Waals surface area contributed by atoms with E-state index < -0.39 is 5.97 Å². The van der Waals surface area contributed by atoms with Crippen LogP contribution in [0.2, 0.25) is 0 Å². The number of hydrogen-bond donors (Lipinski definition) is 1. The van der Waals surface area contributed by atoms with E-state index in [1.54, 1.807) is 16.8 Å². The molecular weight excluding hydrogens is 322 g/mol. The van der Waals surface area contributed by atoms with Gasteiger partial charge in [-0.05, 0) is 35.9 Å². The molecule has 0 aliphatic heterocycles. The summed E-state index contributed by atoms with van der Waals surface area (Å²) in [5.74, 6) is -0.955. The zero-order valence-electron chi connectivity index (χ0n) is 10.3. The van der Waals surface area contributed by atoms with Crippen molar-refractivity contribution < 1.29 is 9.90 Å². The third kappa shape index (κ3) is 2.42. The van der Waals surface area contributed by atoms with Crippen LogP contribution in [0.5, 0.6) is 0 Å². The number of hydrogen-bond acceptors (Lipinski definition) is 3. The maximum absolute atomic E-state index is 11.0. The van der Waals surface area contributed by atoms with Gasteiger partial charge in [0.1, 0.15) is 5.52 Å². The Bertz CT molecular complexity index is 781. The predicted molar refractivity (Wildman–Crippen MR) is 77.7 cm³/mol. The van der Waals surface area contributed by atoms with Crippen molar-refractivity contribution in [3.8, 4) is 0 Å². The second kappa shape index (κ2) is 5.05. The lowest BCUT2D eigenvalue weighted by atomic mass is 10.2. The van der Waals surface area contributed by atoms with Crippen LogP contribution in [0.1, 0.15) is 15.9 Å². The van der Waals surface area contributed by atoms with Gasteiger partial charge in [-0.1, -0.05) is 33.3 Å². The summed E-state index contributed by atoms with van der Waals surface area (Å²) < 4.78 is 2.71. The second-order valence-electron chi connectivity index (χ2n) is 4.38. The average molecular weight is 332 g/mol. The summed E-state index contributed by atoms with van der Waals surface area (Å²) in [7, 11) is 0. The van der Waals surface area contributed by atoms with Gasteiger partial charge in [0, 0.05) is 4.47 Å². The highest BCUT2D eigenvalue weighted by Crippen LogP contribution is 2.16. The minimum Gasteiger partial charge on any atom is -0.478 e. The number of benzene rings is 2. The van der Waals surface area contributed by atoms with Crippen molar-refractivity contribution in [3.63, 3.8) is 0 Å². The van der Waals surface area contributed by atoms with Crippen LogP contribution in [-0.2, 0) is 6.54 Å². The molecule has 0 saturated carbocycles. The highest BCUT2D eigenvalue weighted by molar-refractivity contribution is 9.10. The SMILES string of the molecule is O=C(O)c1ccc2nnn(Cc3ccc(Br)cc3)c2c1. The number of rotatable bonds is 3. The Labute approximate surface area is 123 Å². The molecule has 1 N–H and O–H groups in total. The van der Waals surface area contributed by atoms with E-state index in [1.165, 1.54) is 6.07 Å². The van der Waals surface area contributed by atoms with Gasteiger partial charge >= 0.3 is 5.97 Å². The molecule has 20 heavy (non-hydrogen) atoms. The van der Waals surface area contributed by atoms with Crippen LogP contribution < -0.4 is 0 Å². The number of carbonyl (C=O) groups is 1. The summed E-state index contributed by atoms with van der Waals surface area (Å²) >= 11 is 3.39. The summed E-state index contributed by atoms with van der Waals surface area (Å²) in [6.07, 6.45) is 0. The Balaban J connectivity index is 2.00. The quantitative estimate of drug-likeness (QED) is 0.801. The third-order valence-corrected chi connectivity index (χ3v) is 3.54. The molecule has 6 heteroatoms. The first-order valence-corrected chi connectivity index (χ1v) is 6.74. The minimum absolute atomic E-state index is 0.233. The number of halogens is 1. The summed E-state index contributed by atoms with van der Waals surface area (Å²) in [6.45, 7) is 0.548. The smallest absolute Gasteiger partial charge is 0.335 e. The Kier molecular flexibility index (Phi) is 3.23. The van der Waals surface area contributed by atoms with E-state index in [9.17, 15) is 4.79 Å². The lowest BCUT2D eigenvalue weighted by molar-refractivity contribution is 0.0697. The summed E-state index contributed by atoms with van der Waals surface area (Å²) in [5.41, 5.74) is 2.71. The molecule has 0 saturated heterocycles. The minimum atomic E-state index is -0.955. The van der Waals surface area contributed by atoms with Crippen molar-refractivity contribution >= 4 is 32.9 Å². The van der Waals surface area contributed by atoms with E-state index in [4.69, 9.17) is 5.11 Å². The summed E-state index contributed by atoms with van der Waals surface area (Å²) in [5, 5.41) is 17.2. The van der Waals surface area contributed by atoms with Crippen LogP contribution >= 0.6 is 15.9 Å². The molecule has 0 unspecified atom stereocenters. The molecule has 0 bridgehead atoms. The molecule has 3 aromatic rings. The second-order valence-corrected chi connectivity index (χ2v) is 5.30. The van der Waals surface area contributed by atoms with Gasteiger partial charge in [0.2, 0.25) is 0 Å². The molecular formula is C14H10BrN3O2. The topological polar surface area (TPSA) is 68.0 Å². The molecule has 1 heterocycles. The van der Waals surface area contributed by atoms with Gasteiger partial charge in [0.15, 0.2) is 0 Å². The zero-order chi connectivity index (χ0) is 14.1. The van der Waals surface area contributed by atoms with E-state index >= 15 is 0 Å². The van der Waals surface area contributed by atoms with Crippen molar-refractivity contribution in [3.05, 3.63) is 58.1 Å². The largest absolute Gasteiger partial charge is 0.478 e. The van der Waals surface area contributed by atoms with Gasteiger partial charge < -0.3 is 5.11 Å². The maximum Gasteiger partial charge on any atom is 0.335 e. The number of aromatic carboxylic acids is 1. The molecule has 1 aromatic heterocycles. The zero-order valence-corrected chi connectivity index (χ0v) is 11.9. The van der Waals surface area contributed by atoms with Crippen molar-refractivity contribution in [1.82, 2.24) is 15.0 Å². The number of aromatic nitrogens is 3. The molecule has 2 aromatic carbocycles. The molecule has 100 valence electrons. The van der Waals surface area contributed by atoms with E-state index in [1.807, 2.05) is 24.3 Å².